The summed E-state index contributed by atoms with van der Waals surface area (Å²) in [4.78, 5) is 11.8. The predicted octanol–water partition coefficient (Wildman–Crippen LogP) is 1.19. The minimum atomic E-state index is -0.441. The van der Waals surface area contributed by atoms with Crippen molar-refractivity contribution >= 4 is 5.97 Å². The Labute approximate surface area is 102 Å². The Morgan fingerprint density at radius 3 is 2.71 bits per heavy atom. The zero-order chi connectivity index (χ0) is 13.0. The summed E-state index contributed by atoms with van der Waals surface area (Å²) >= 11 is 0. The first-order chi connectivity index (χ1) is 7.99. The van der Waals surface area contributed by atoms with Crippen LogP contribution in [0, 0.1) is 0 Å². The molecule has 0 aliphatic heterocycles. The van der Waals surface area contributed by atoms with E-state index < -0.39 is 6.04 Å². The van der Waals surface area contributed by atoms with Gasteiger partial charge in [0.2, 0.25) is 0 Å². The fourth-order valence-corrected chi connectivity index (χ4v) is 1.80. The SMILES string of the molecule is CCc1nn(C)cc1C(NC(C)C)C(=O)OC. The van der Waals surface area contributed by atoms with Crippen LogP contribution in [0.15, 0.2) is 6.20 Å². The molecule has 1 rings (SSSR count). The van der Waals surface area contributed by atoms with Gasteiger partial charge in [-0.1, -0.05) is 6.92 Å². The maximum Gasteiger partial charge on any atom is 0.327 e. The van der Waals surface area contributed by atoms with E-state index >= 15 is 0 Å². The first-order valence-corrected chi connectivity index (χ1v) is 5.85. The maximum absolute atomic E-state index is 11.8. The molecule has 0 radical (unpaired) electrons. The second kappa shape index (κ2) is 5.82. The number of hydrogen-bond donors (Lipinski definition) is 1. The number of carbonyl (C=O) groups is 1. The molecule has 1 aromatic heterocycles. The van der Waals surface area contributed by atoms with Crippen LogP contribution >= 0.6 is 0 Å². The molecule has 0 bridgehead atoms. The zero-order valence-corrected chi connectivity index (χ0v) is 11.2. The Hall–Kier alpha value is -1.36. The third kappa shape index (κ3) is 3.30. The molecular weight excluding hydrogens is 218 g/mol. The molecule has 1 unspecified atom stereocenters. The Balaban J connectivity index is 3.06. The van der Waals surface area contributed by atoms with Crippen LogP contribution in [0.25, 0.3) is 0 Å². The quantitative estimate of drug-likeness (QED) is 0.784. The first-order valence-electron chi connectivity index (χ1n) is 5.85. The summed E-state index contributed by atoms with van der Waals surface area (Å²) in [6, 6.07) is -0.243. The summed E-state index contributed by atoms with van der Waals surface area (Å²) in [6.45, 7) is 6.02. The highest BCUT2D eigenvalue weighted by atomic mass is 16.5. The van der Waals surface area contributed by atoms with Crippen molar-refractivity contribution in [2.75, 3.05) is 7.11 Å². The molecule has 0 amide bonds. The molecule has 96 valence electrons. The minimum Gasteiger partial charge on any atom is -0.468 e. The number of carbonyl (C=O) groups excluding carboxylic acids is 1. The van der Waals surface area contributed by atoms with Crippen molar-refractivity contribution in [3.05, 3.63) is 17.5 Å². The van der Waals surface area contributed by atoms with Crippen molar-refractivity contribution in [2.24, 2.45) is 7.05 Å². The second-order valence-corrected chi connectivity index (χ2v) is 4.34. The van der Waals surface area contributed by atoms with E-state index in [0.717, 1.165) is 17.7 Å². The van der Waals surface area contributed by atoms with E-state index in [0.29, 0.717) is 0 Å². The van der Waals surface area contributed by atoms with Crippen LogP contribution in [-0.4, -0.2) is 28.9 Å². The average Bonchev–Trinajstić information content (AvgIpc) is 2.65. The molecule has 0 aliphatic carbocycles. The smallest absolute Gasteiger partial charge is 0.327 e. The zero-order valence-electron chi connectivity index (χ0n) is 11.2. The van der Waals surface area contributed by atoms with Crippen molar-refractivity contribution in [2.45, 2.75) is 39.3 Å². The summed E-state index contributed by atoms with van der Waals surface area (Å²) < 4.78 is 6.57. The van der Waals surface area contributed by atoms with E-state index in [2.05, 4.69) is 10.4 Å². The largest absolute Gasteiger partial charge is 0.468 e. The molecule has 0 aromatic carbocycles. The third-order valence-electron chi connectivity index (χ3n) is 2.52. The molecule has 0 aliphatic rings. The van der Waals surface area contributed by atoms with Crippen LogP contribution < -0.4 is 5.32 Å². The monoisotopic (exact) mass is 239 g/mol. The molecule has 1 N–H and O–H groups in total. The van der Waals surface area contributed by atoms with E-state index in [4.69, 9.17) is 4.74 Å². The van der Waals surface area contributed by atoms with Gasteiger partial charge in [0.15, 0.2) is 0 Å². The standard InChI is InChI=1S/C12H21N3O2/c1-6-10-9(7-15(4)14-10)11(12(16)17-5)13-8(2)3/h7-8,11,13H,6H2,1-5H3. The lowest BCUT2D eigenvalue weighted by atomic mass is 10.1. The van der Waals surface area contributed by atoms with Crippen molar-refractivity contribution in [1.29, 1.82) is 0 Å². The van der Waals surface area contributed by atoms with Crippen molar-refractivity contribution < 1.29 is 9.53 Å². The van der Waals surface area contributed by atoms with Crippen molar-refractivity contribution in [3.8, 4) is 0 Å². The number of aromatic nitrogens is 2. The lowest BCUT2D eigenvalue weighted by Crippen LogP contribution is -2.34. The van der Waals surface area contributed by atoms with Gasteiger partial charge in [-0.2, -0.15) is 5.10 Å². The van der Waals surface area contributed by atoms with Gasteiger partial charge < -0.3 is 4.74 Å². The Kier molecular flexibility index (Phi) is 4.69. The molecule has 1 heterocycles. The summed E-state index contributed by atoms with van der Waals surface area (Å²) in [5.41, 5.74) is 1.83. The third-order valence-corrected chi connectivity index (χ3v) is 2.52. The van der Waals surface area contributed by atoms with Crippen LogP contribution in [-0.2, 0) is 23.0 Å². The molecule has 1 aromatic rings. The Morgan fingerprint density at radius 2 is 2.24 bits per heavy atom. The number of nitrogens with one attached hydrogen (secondary N) is 1. The van der Waals surface area contributed by atoms with Gasteiger partial charge in [0, 0.05) is 24.8 Å². The number of rotatable bonds is 5. The van der Waals surface area contributed by atoms with E-state index in [1.54, 1.807) is 4.68 Å². The van der Waals surface area contributed by atoms with E-state index in [-0.39, 0.29) is 12.0 Å². The molecule has 5 heteroatoms. The molecule has 0 saturated heterocycles. The Morgan fingerprint density at radius 1 is 1.59 bits per heavy atom. The van der Waals surface area contributed by atoms with Crippen molar-refractivity contribution in [1.82, 2.24) is 15.1 Å². The lowest BCUT2D eigenvalue weighted by molar-refractivity contribution is -0.143. The van der Waals surface area contributed by atoms with Gasteiger partial charge in [0.1, 0.15) is 6.04 Å². The second-order valence-electron chi connectivity index (χ2n) is 4.34. The Bertz CT molecular complexity index is 385. The van der Waals surface area contributed by atoms with Gasteiger partial charge in [-0.05, 0) is 20.3 Å². The predicted molar refractivity (Wildman–Crippen MR) is 65.6 cm³/mol. The number of ether oxygens (including phenoxy) is 1. The molecule has 17 heavy (non-hydrogen) atoms. The summed E-state index contributed by atoms with van der Waals surface area (Å²) in [5, 5.41) is 7.55. The van der Waals surface area contributed by atoms with E-state index in [9.17, 15) is 4.79 Å². The number of esters is 1. The van der Waals surface area contributed by atoms with Crippen molar-refractivity contribution in [3.63, 3.8) is 0 Å². The van der Waals surface area contributed by atoms with Crippen LogP contribution in [0.5, 0.6) is 0 Å². The maximum atomic E-state index is 11.8. The average molecular weight is 239 g/mol. The summed E-state index contributed by atoms with van der Waals surface area (Å²) in [6.07, 6.45) is 2.67. The van der Waals surface area contributed by atoms with Gasteiger partial charge in [-0.3, -0.25) is 10.00 Å². The molecule has 5 nitrogen and oxygen atoms in total. The summed E-state index contributed by atoms with van der Waals surface area (Å²) in [5.74, 6) is -0.276. The van der Waals surface area contributed by atoms with Gasteiger partial charge in [0.05, 0.1) is 12.8 Å². The van der Waals surface area contributed by atoms with Crippen LogP contribution in [0.1, 0.15) is 38.1 Å². The molecule has 0 fully saturated rings. The summed E-state index contributed by atoms with van der Waals surface area (Å²) in [7, 11) is 3.26. The van der Waals surface area contributed by atoms with E-state index in [1.807, 2.05) is 34.0 Å². The highest BCUT2D eigenvalue weighted by Crippen LogP contribution is 2.19. The fourth-order valence-electron chi connectivity index (χ4n) is 1.80. The minimum absolute atomic E-state index is 0.198. The van der Waals surface area contributed by atoms with Crippen LogP contribution in [0.2, 0.25) is 0 Å². The molecule has 0 spiro atoms. The van der Waals surface area contributed by atoms with Crippen LogP contribution in [0.3, 0.4) is 0 Å². The lowest BCUT2D eigenvalue weighted by Gasteiger charge is -2.18. The van der Waals surface area contributed by atoms with Crippen LogP contribution in [0.4, 0.5) is 0 Å². The number of nitrogens with zero attached hydrogens (tertiary/aromatic N) is 2. The van der Waals surface area contributed by atoms with Gasteiger partial charge in [0.25, 0.3) is 0 Å². The fraction of sp³-hybridized carbons (Fsp3) is 0.667. The number of aryl methyl sites for hydroxylation is 2. The number of methoxy groups -OCH3 is 1. The molecular formula is C12H21N3O2. The molecule has 0 saturated carbocycles. The van der Waals surface area contributed by atoms with Gasteiger partial charge >= 0.3 is 5.97 Å². The van der Waals surface area contributed by atoms with E-state index in [1.165, 1.54) is 7.11 Å². The topological polar surface area (TPSA) is 56.2 Å². The molecule has 1 atom stereocenters. The highest BCUT2D eigenvalue weighted by Gasteiger charge is 2.26. The first kappa shape index (κ1) is 13.7. The normalized spacial score (nSPS) is 12.8. The highest BCUT2D eigenvalue weighted by molar-refractivity contribution is 5.77. The number of hydrogen-bond acceptors (Lipinski definition) is 4. The van der Waals surface area contributed by atoms with Gasteiger partial charge in [-0.25, -0.2) is 4.79 Å². The van der Waals surface area contributed by atoms with Gasteiger partial charge in [-0.15, -0.1) is 0 Å².